The van der Waals surface area contributed by atoms with E-state index in [0.29, 0.717) is 17.4 Å². The van der Waals surface area contributed by atoms with Crippen LogP contribution in [0, 0.1) is 0 Å². The van der Waals surface area contributed by atoms with Crippen molar-refractivity contribution >= 4 is 12.1 Å². The van der Waals surface area contributed by atoms with Crippen LogP contribution >= 0.6 is 0 Å². The molecule has 1 N–H and O–H groups in total. The third-order valence-corrected chi connectivity index (χ3v) is 4.08. The zero-order chi connectivity index (χ0) is 20.4. The number of hydrogen-bond donors (Lipinski definition) is 1. The molecule has 6 heteroatoms. The van der Waals surface area contributed by atoms with E-state index in [1.54, 1.807) is 0 Å². The number of ether oxygens (including phenoxy) is 2. The molecule has 28 heavy (non-hydrogen) atoms. The zero-order valence-electron chi connectivity index (χ0n) is 16.8. The molecule has 0 heterocycles. The number of alkyl carbamates (subject to hydrolysis) is 1. The number of nitrogens with one attached hydrogen (secondary N) is 1. The Kier molecular flexibility index (Phi) is 8.02. The highest BCUT2D eigenvalue weighted by Crippen LogP contribution is 2.07. The lowest BCUT2D eigenvalue weighted by Crippen LogP contribution is -2.45. The van der Waals surface area contributed by atoms with Gasteiger partial charge in [-0.1, -0.05) is 60.7 Å². The van der Waals surface area contributed by atoms with Gasteiger partial charge in [-0.3, -0.25) is 0 Å². The van der Waals surface area contributed by atoms with Crippen molar-refractivity contribution < 1.29 is 23.5 Å². The minimum absolute atomic E-state index is 0.140. The molecule has 1 amide bonds. The largest absolute Gasteiger partial charge is 0.458 e. The lowest BCUT2D eigenvalue weighted by atomic mass is 10.1. The molecule has 0 radical (unpaired) electrons. The Balaban J connectivity index is 1.94. The summed E-state index contributed by atoms with van der Waals surface area (Å²) in [7, 11) is 6.07. The second-order valence-corrected chi connectivity index (χ2v) is 7.63. The van der Waals surface area contributed by atoms with E-state index in [4.69, 9.17) is 9.47 Å². The van der Waals surface area contributed by atoms with Crippen molar-refractivity contribution in [3.05, 3.63) is 71.8 Å². The normalized spacial score (nSPS) is 12.1. The van der Waals surface area contributed by atoms with Gasteiger partial charge in [0.05, 0.1) is 21.1 Å². The lowest BCUT2D eigenvalue weighted by Gasteiger charge is -2.24. The van der Waals surface area contributed by atoms with Crippen LogP contribution in [-0.2, 0) is 27.3 Å². The summed E-state index contributed by atoms with van der Waals surface area (Å²) >= 11 is 0. The maximum absolute atomic E-state index is 12.5. The van der Waals surface area contributed by atoms with Gasteiger partial charge in [-0.25, -0.2) is 9.59 Å². The summed E-state index contributed by atoms with van der Waals surface area (Å²) in [6, 6.07) is 18.1. The molecule has 0 aliphatic rings. The van der Waals surface area contributed by atoms with Crippen LogP contribution in [0.2, 0.25) is 0 Å². The maximum atomic E-state index is 12.5. The predicted octanol–water partition coefficient (Wildman–Crippen LogP) is 2.77. The molecule has 0 aliphatic carbocycles. The summed E-state index contributed by atoms with van der Waals surface area (Å²) in [4.78, 5) is 24.8. The van der Waals surface area contributed by atoms with Crippen molar-refractivity contribution in [3.8, 4) is 0 Å². The molecule has 2 aromatic carbocycles. The molecule has 0 saturated carbocycles. The first kappa shape index (κ1) is 21.4. The van der Waals surface area contributed by atoms with Crippen molar-refractivity contribution in [2.45, 2.75) is 19.1 Å². The van der Waals surface area contributed by atoms with Crippen LogP contribution in [-0.4, -0.2) is 56.9 Å². The van der Waals surface area contributed by atoms with Gasteiger partial charge in [0.2, 0.25) is 0 Å². The van der Waals surface area contributed by atoms with E-state index < -0.39 is 18.1 Å². The van der Waals surface area contributed by atoms with Gasteiger partial charge in [0, 0.05) is 6.42 Å². The summed E-state index contributed by atoms with van der Waals surface area (Å²) in [6.07, 6.45) is -0.307. The number of carbonyl (C=O) groups is 2. The van der Waals surface area contributed by atoms with Crippen LogP contribution in [0.5, 0.6) is 0 Å². The monoisotopic (exact) mass is 385 g/mol. The van der Waals surface area contributed by atoms with E-state index in [9.17, 15) is 9.59 Å². The van der Waals surface area contributed by atoms with E-state index in [0.717, 1.165) is 11.1 Å². The second-order valence-electron chi connectivity index (χ2n) is 7.63. The highest BCUT2D eigenvalue weighted by Gasteiger charge is 2.24. The fourth-order valence-electron chi connectivity index (χ4n) is 2.47. The molecule has 0 aliphatic heterocycles. The van der Waals surface area contributed by atoms with E-state index in [1.165, 1.54) is 0 Å². The first-order chi connectivity index (χ1) is 13.3. The molecule has 0 bridgehead atoms. The van der Waals surface area contributed by atoms with Crippen LogP contribution in [0.4, 0.5) is 4.79 Å². The predicted molar refractivity (Wildman–Crippen MR) is 108 cm³/mol. The smallest absolute Gasteiger partial charge is 0.408 e. The van der Waals surface area contributed by atoms with Crippen molar-refractivity contribution in [2.75, 3.05) is 34.3 Å². The molecular formula is C22H29N2O4+. The first-order valence-corrected chi connectivity index (χ1v) is 9.32. The van der Waals surface area contributed by atoms with Crippen molar-refractivity contribution in [1.29, 1.82) is 0 Å². The molecule has 1 atom stereocenters. The molecule has 2 aromatic rings. The Morgan fingerprint density at radius 2 is 1.46 bits per heavy atom. The summed E-state index contributed by atoms with van der Waals surface area (Å²) in [5.41, 5.74) is 1.81. The highest BCUT2D eigenvalue weighted by molar-refractivity contribution is 5.81. The van der Waals surface area contributed by atoms with Crippen LogP contribution < -0.4 is 5.32 Å². The number of esters is 1. The van der Waals surface area contributed by atoms with Gasteiger partial charge in [0.1, 0.15) is 25.8 Å². The van der Waals surface area contributed by atoms with Crippen molar-refractivity contribution in [1.82, 2.24) is 5.32 Å². The third-order valence-electron chi connectivity index (χ3n) is 4.08. The van der Waals surface area contributed by atoms with Crippen LogP contribution in [0.1, 0.15) is 11.1 Å². The summed E-state index contributed by atoms with van der Waals surface area (Å²) in [5.74, 6) is -0.464. The molecule has 0 aromatic heterocycles. The molecule has 0 spiro atoms. The van der Waals surface area contributed by atoms with Crippen LogP contribution in [0.15, 0.2) is 60.7 Å². The van der Waals surface area contributed by atoms with Gasteiger partial charge in [-0.05, 0) is 11.1 Å². The first-order valence-electron chi connectivity index (χ1n) is 9.32. The Morgan fingerprint density at radius 1 is 0.893 bits per heavy atom. The molecular weight excluding hydrogens is 356 g/mol. The van der Waals surface area contributed by atoms with E-state index in [2.05, 4.69) is 5.32 Å². The molecule has 0 unspecified atom stereocenters. The number of nitrogens with zero attached hydrogens (tertiary/aromatic N) is 1. The summed E-state index contributed by atoms with van der Waals surface area (Å²) in [6.45, 7) is 1.11. The lowest BCUT2D eigenvalue weighted by molar-refractivity contribution is -0.870. The summed E-state index contributed by atoms with van der Waals surface area (Å²) < 4.78 is 11.3. The van der Waals surface area contributed by atoms with Gasteiger partial charge < -0.3 is 19.3 Å². The quantitative estimate of drug-likeness (QED) is 0.533. The molecule has 2 rings (SSSR count). The Hall–Kier alpha value is -2.86. The second kappa shape index (κ2) is 10.5. The highest BCUT2D eigenvalue weighted by atomic mass is 16.6. The SMILES string of the molecule is C[N+](C)(C)CCOC(=O)[C@H](Cc1ccccc1)NC(=O)OCc1ccccc1. The summed E-state index contributed by atoms with van der Waals surface area (Å²) in [5, 5.41) is 2.64. The Labute approximate surface area is 166 Å². The molecule has 150 valence electrons. The topological polar surface area (TPSA) is 64.6 Å². The van der Waals surface area contributed by atoms with E-state index >= 15 is 0 Å². The van der Waals surface area contributed by atoms with Crippen molar-refractivity contribution in [3.63, 3.8) is 0 Å². The van der Waals surface area contributed by atoms with E-state index in [-0.39, 0.29) is 13.2 Å². The number of likely N-dealkylation sites (N-methyl/N-ethyl adjacent to an activating group) is 1. The average molecular weight is 385 g/mol. The third kappa shape index (κ3) is 8.22. The van der Waals surface area contributed by atoms with Gasteiger partial charge in [-0.15, -0.1) is 0 Å². The maximum Gasteiger partial charge on any atom is 0.408 e. The zero-order valence-corrected chi connectivity index (χ0v) is 16.8. The Morgan fingerprint density at radius 3 is 2.04 bits per heavy atom. The number of carbonyl (C=O) groups excluding carboxylic acids is 2. The molecule has 0 fully saturated rings. The average Bonchev–Trinajstić information content (AvgIpc) is 2.66. The number of benzene rings is 2. The van der Waals surface area contributed by atoms with Gasteiger partial charge in [0.25, 0.3) is 0 Å². The Bertz CT molecular complexity index is 742. The van der Waals surface area contributed by atoms with E-state index in [1.807, 2.05) is 81.8 Å². The standard InChI is InChI=1S/C22H28N2O4/c1-24(2,3)14-15-27-21(25)20(16-18-10-6-4-7-11-18)23-22(26)28-17-19-12-8-5-9-13-19/h4-13,20H,14-17H2,1-3H3/p+1/t20-/m0/s1. The van der Waals surface area contributed by atoms with Gasteiger partial charge in [-0.2, -0.15) is 0 Å². The number of rotatable bonds is 9. The fourth-order valence-corrected chi connectivity index (χ4v) is 2.47. The van der Waals surface area contributed by atoms with Crippen LogP contribution in [0.3, 0.4) is 0 Å². The van der Waals surface area contributed by atoms with Gasteiger partial charge in [0.15, 0.2) is 0 Å². The minimum Gasteiger partial charge on any atom is -0.458 e. The number of hydrogen-bond acceptors (Lipinski definition) is 4. The molecule has 0 saturated heterocycles. The van der Waals surface area contributed by atoms with Crippen molar-refractivity contribution in [2.24, 2.45) is 0 Å². The minimum atomic E-state index is -0.807. The van der Waals surface area contributed by atoms with Crippen LogP contribution in [0.25, 0.3) is 0 Å². The molecule has 6 nitrogen and oxygen atoms in total. The fraction of sp³-hybridized carbons (Fsp3) is 0.364. The number of quaternary nitrogens is 1. The number of amides is 1. The van der Waals surface area contributed by atoms with Gasteiger partial charge >= 0.3 is 12.1 Å².